The van der Waals surface area contributed by atoms with E-state index in [1.807, 2.05) is 36.4 Å². The van der Waals surface area contributed by atoms with E-state index >= 15 is 0 Å². The number of aromatic nitrogens is 1. The topological polar surface area (TPSA) is 64.6 Å². The highest BCUT2D eigenvalue weighted by Crippen LogP contribution is 2.40. The van der Waals surface area contributed by atoms with E-state index in [-0.39, 0.29) is 6.61 Å². The van der Waals surface area contributed by atoms with Crippen LogP contribution in [0.4, 0.5) is 0 Å². The van der Waals surface area contributed by atoms with Gasteiger partial charge >= 0.3 is 0 Å². The van der Waals surface area contributed by atoms with Crippen LogP contribution in [0.25, 0.3) is 22.0 Å². The lowest BCUT2D eigenvalue weighted by Crippen LogP contribution is -2.40. The smallest absolute Gasteiger partial charge is 0.213 e. The van der Waals surface area contributed by atoms with Crippen molar-refractivity contribution in [2.75, 3.05) is 21.3 Å². The molecule has 0 amide bonds. The Labute approximate surface area is 198 Å². The second-order valence-corrected chi connectivity index (χ2v) is 8.12. The number of nitrogens with zero attached hydrogens (tertiary/aromatic N) is 2. The Morgan fingerprint density at radius 1 is 0.912 bits per heavy atom. The summed E-state index contributed by atoms with van der Waals surface area (Å²) in [5, 5.41) is 11.4. The van der Waals surface area contributed by atoms with Crippen molar-refractivity contribution in [1.29, 1.82) is 5.26 Å². The fourth-order valence-electron chi connectivity index (χ4n) is 4.55. The van der Waals surface area contributed by atoms with Gasteiger partial charge in [0.25, 0.3) is 0 Å². The first-order valence-electron chi connectivity index (χ1n) is 11.1. The zero-order valence-corrected chi connectivity index (χ0v) is 19.4. The van der Waals surface area contributed by atoms with Gasteiger partial charge in [-0.05, 0) is 41.3 Å². The summed E-state index contributed by atoms with van der Waals surface area (Å²) in [7, 11) is 4.95. The van der Waals surface area contributed by atoms with E-state index < -0.39 is 0 Å². The van der Waals surface area contributed by atoms with Crippen LogP contribution >= 0.6 is 0 Å². The average molecular weight is 454 g/mol. The summed E-state index contributed by atoms with van der Waals surface area (Å²) in [6, 6.07) is 19.9. The van der Waals surface area contributed by atoms with Gasteiger partial charge in [-0.15, -0.1) is 0 Å². The molecule has 6 nitrogen and oxygen atoms in total. The van der Waals surface area contributed by atoms with Crippen LogP contribution in [0.1, 0.15) is 16.7 Å². The minimum absolute atomic E-state index is 0.279. The van der Waals surface area contributed by atoms with E-state index in [1.165, 1.54) is 5.56 Å². The Hall–Kier alpha value is -4.24. The van der Waals surface area contributed by atoms with Gasteiger partial charge in [0.05, 0.1) is 43.9 Å². The quantitative estimate of drug-likeness (QED) is 0.392. The van der Waals surface area contributed by atoms with Gasteiger partial charge in [0.1, 0.15) is 6.61 Å². The number of fused-ring (bicyclic) bond motifs is 4. The van der Waals surface area contributed by atoms with Crippen molar-refractivity contribution < 1.29 is 23.5 Å². The Bertz CT molecular complexity index is 1440. The molecule has 0 bridgehead atoms. The van der Waals surface area contributed by atoms with E-state index in [0.29, 0.717) is 22.8 Å². The molecule has 6 heteroatoms. The first-order chi connectivity index (χ1) is 16.7. The lowest BCUT2D eigenvalue weighted by molar-refractivity contribution is -0.686. The number of nitriles is 1. The van der Waals surface area contributed by atoms with Crippen LogP contribution in [-0.2, 0) is 19.6 Å². The highest BCUT2D eigenvalue weighted by Gasteiger charge is 2.27. The van der Waals surface area contributed by atoms with Gasteiger partial charge in [-0.3, -0.25) is 0 Å². The molecule has 0 saturated heterocycles. The fourth-order valence-corrected chi connectivity index (χ4v) is 4.55. The highest BCUT2D eigenvalue weighted by atomic mass is 16.5. The molecule has 0 N–H and O–H groups in total. The number of hydrogen-bond donors (Lipinski definition) is 0. The van der Waals surface area contributed by atoms with Gasteiger partial charge in [-0.25, -0.2) is 0 Å². The third kappa shape index (κ3) is 3.65. The fraction of sp³-hybridized carbons (Fsp3) is 0.214. The molecular formula is C28H25N2O4+. The van der Waals surface area contributed by atoms with Crippen molar-refractivity contribution in [3.05, 3.63) is 77.5 Å². The second-order valence-electron chi connectivity index (χ2n) is 8.12. The molecule has 1 aliphatic rings. The van der Waals surface area contributed by atoms with Crippen molar-refractivity contribution in [3.63, 3.8) is 0 Å². The summed E-state index contributed by atoms with van der Waals surface area (Å²) in [5.74, 6) is 2.78. The average Bonchev–Trinajstić information content (AvgIpc) is 2.89. The summed E-state index contributed by atoms with van der Waals surface area (Å²) in [6.45, 7) is 1.11. The van der Waals surface area contributed by atoms with Crippen molar-refractivity contribution >= 4 is 10.8 Å². The van der Waals surface area contributed by atoms with Crippen LogP contribution in [0.15, 0.2) is 60.8 Å². The van der Waals surface area contributed by atoms with Gasteiger partial charge in [-0.1, -0.05) is 18.2 Å². The Balaban J connectivity index is 1.60. The van der Waals surface area contributed by atoms with Crippen LogP contribution in [0.5, 0.6) is 23.0 Å². The van der Waals surface area contributed by atoms with E-state index in [0.717, 1.165) is 46.3 Å². The number of methoxy groups -OCH3 is 3. The molecule has 3 aromatic carbocycles. The number of aryl methyl sites for hydroxylation is 2. The number of benzene rings is 3. The normalized spacial score (nSPS) is 11.8. The minimum Gasteiger partial charge on any atom is -0.493 e. The third-order valence-corrected chi connectivity index (χ3v) is 6.32. The minimum atomic E-state index is 0.279. The standard InChI is InChI=1S/C28H25N2O4/c1-31-25-9-8-18-12-24-22-14-27(33-3)26(32-2)13-19(22)10-11-30(24)16-23(18)28(25)34-17-21-7-5-4-6-20(21)15-29/h4-9,12-14,16H,10-11,17H2,1-3H3/q+1. The van der Waals surface area contributed by atoms with Crippen molar-refractivity contribution in [3.8, 4) is 40.3 Å². The zero-order valence-electron chi connectivity index (χ0n) is 19.4. The molecule has 34 heavy (non-hydrogen) atoms. The van der Waals surface area contributed by atoms with Crippen LogP contribution in [-0.4, -0.2) is 21.3 Å². The molecule has 5 rings (SSSR count). The second kappa shape index (κ2) is 8.95. The lowest BCUT2D eigenvalue weighted by atomic mass is 9.95. The maximum Gasteiger partial charge on any atom is 0.213 e. The van der Waals surface area contributed by atoms with Gasteiger partial charge in [-0.2, -0.15) is 9.83 Å². The molecule has 2 heterocycles. The molecular weight excluding hydrogens is 428 g/mol. The predicted molar refractivity (Wildman–Crippen MR) is 128 cm³/mol. The van der Waals surface area contributed by atoms with Crippen molar-refractivity contribution in [2.24, 2.45) is 0 Å². The molecule has 0 aliphatic carbocycles. The number of pyridine rings is 1. The molecule has 0 spiro atoms. The Morgan fingerprint density at radius 2 is 1.68 bits per heavy atom. The largest absolute Gasteiger partial charge is 0.493 e. The monoisotopic (exact) mass is 453 g/mol. The molecule has 0 atom stereocenters. The van der Waals surface area contributed by atoms with Crippen LogP contribution in [0.3, 0.4) is 0 Å². The first kappa shape index (κ1) is 21.6. The Kier molecular flexibility index (Phi) is 5.69. The van der Waals surface area contributed by atoms with Gasteiger partial charge in [0, 0.05) is 18.1 Å². The van der Waals surface area contributed by atoms with Gasteiger partial charge < -0.3 is 18.9 Å². The molecule has 0 radical (unpaired) electrons. The predicted octanol–water partition coefficient (Wildman–Crippen LogP) is 4.83. The summed E-state index contributed by atoms with van der Waals surface area (Å²) in [4.78, 5) is 0. The molecule has 170 valence electrons. The summed E-state index contributed by atoms with van der Waals surface area (Å²) >= 11 is 0. The zero-order chi connectivity index (χ0) is 23.7. The first-order valence-corrected chi connectivity index (χ1v) is 11.1. The molecule has 4 aromatic rings. The maximum atomic E-state index is 9.42. The summed E-state index contributed by atoms with van der Waals surface area (Å²) in [6.07, 6.45) is 3.01. The van der Waals surface area contributed by atoms with E-state index in [1.54, 1.807) is 27.4 Å². The summed E-state index contributed by atoms with van der Waals surface area (Å²) < 4.78 is 25.2. The van der Waals surface area contributed by atoms with Crippen molar-refractivity contribution in [1.82, 2.24) is 0 Å². The van der Waals surface area contributed by atoms with E-state index in [2.05, 4.69) is 29.0 Å². The number of hydrogen-bond acceptors (Lipinski definition) is 5. The number of ether oxygens (including phenoxy) is 4. The molecule has 1 aliphatic heterocycles. The molecule has 1 aromatic heterocycles. The van der Waals surface area contributed by atoms with Crippen molar-refractivity contribution in [2.45, 2.75) is 19.6 Å². The van der Waals surface area contributed by atoms with E-state index in [4.69, 9.17) is 18.9 Å². The number of rotatable bonds is 6. The molecule has 0 fully saturated rings. The summed E-state index contributed by atoms with van der Waals surface area (Å²) in [5.41, 5.74) is 4.92. The van der Waals surface area contributed by atoms with Gasteiger partial charge in [0.15, 0.2) is 35.7 Å². The van der Waals surface area contributed by atoms with Crippen LogP contribution in [0.2, 0.25) is 0 Å². The Morgan fingerprint density at radius 3 is 2.44 bits per heavy atom. The van der Waals surface area contributed by atoms with Crippen LogP contribution < -0.4 is 23.5 Å². The van der Waals surface area contributed by atoms with Gasteiger partial charge in [0.2, 0.25) is 5.69 Å². The SMILES string of the molecule is COc1cc2c(cc1OC)-c1cc3ccc(OC)c(OCc4ccccc4C#N)c3c[n+]1CC2. The molecule has 0 unspecified atom stereocenters. The van der Waals surface area contributed by atoms with Crippen LogP contribution in [0, 0.1) is 11.3 Å². The third-order valence-electron chi connectivity index (χ3n) is 6.32. The maximum absolute atomic E-state index is 9.42. The lowest BCUT2D eigenvalue weighted by Gasteiger charge is -2.19. The molecule has 0 saturated carbocycles. The highest BCUT2D eigenvalue weighted by molar-refractivity contribution is 5.91. The van der Waals surface area contributed by atoms with E-state index in [9.17, 15) is 5.26 Å².